The van der Waals surface area contributed by atoms with Gasteiger partial charge in [0.1, 0.15) is 11.4 Å². The zero-order valence-electron chi connectivity index (χ0n) is 25.1. The Labute approximate surface area is 255 Å². The largest absolute Gasteiger partial charge is 0.435 e. The first-order chi connectivity index (χ1) is 21.0. The zero-order chi connectivity index (χ0) is 30.4. The lowest BCUT2D eigenvalue weighted by Crippen LogP contribution is -2.65. The molecule has 0 aliphatic heterocycles. The summed E-state index contributed by atoms with van der Waals surface area (Å²) in [5.41, 5.74) is 1.31. The Morgan fingerprint density at radius 1 is 0.932 bits per heavy atom. The van der Waals surface area contributed by atoms with Gasteiger partial charge in [0.05, 0.1) is 0 Å². The summed E-state index contributed by atoms with van der Waals surface area (Å²) in [5.74, 6) is 1.80. The molecule has 0 unspecified atom stereocenters. The van der Waals surface area contributed by atoms with Gasteiger partial charge in [-0.3, -0.25) is 4.79 Å². The Bertz CT molecular complexity index is 1550. The van der Waals surface area contributed by atoms with E-state index in [-0.39, 0.29) is 33.3 Å². The molecule has 6 nitrogen and oxygen atoms in total. The minimum absolute atomic E-state index is 0.00253. The molecule has 9 heteroatoms. The van der Waals surface area contributed by atoms with Crippen LogP contribution in [0.25, 0.3) is 11.1 Å². The van der Waals surface area contributed by atoms with Crippen LogP contribution in [0.1, 0.15) is 95.7 Å². The highest BCUT2D eigenvalue weighted by atomic mass is 19.3. The minimum Gasteiger partial charge on any atom is -0.435 e. The molecule has 44 heavy (non-hydrogen) atoms. The number of anilines is 1. The predicted molar refractivity (Wildman–Crippen MR) is 158 cm³/mol. The van der Waals surface area contributed by atoms with Gasteiger partial charge in [-0.15, -0.1) is 0 Å². The second-order valence-electron chi connectivity index (χ2n) is 15.1. The number of carbonyl (C=O) groups excluding carboxylic acids is 1. The smallest absolute Gasteiger partial charge is 0.387 e. The third-order valence-electron chi connectivity index (χ3n) is 11.8. The Balaban J connectivity index is 1.04. The Morgan fingerprint density at radius 3 is 2.23 bits per heavy atom. The summed E-state index contributed by atoms with van der Waals surface area (Å²) in [6.07, 6.45) is 9.94. The first kappa shape index (κ1) is 28.1. The van der Waals surface area contributed by atoms with Crippen LogP contribution in [0.15, 0.2) is 53.1 Å². The first-order valence-corrected chi connectivity index (χ1v) is 16.0. The van der Waals surface area contributed by atoms with Crippen molar-refractivity contribution in [2.45, 2.75) is 107 Å². The van der Waals surface area contributed by atoms with E-state index in [0.717, 1.165) is 79.9 Å². The van der Waals surface area contributed by atoms with Crippen molar-refractivity contribution < 1.29 is 27.2 Å². The molecule has 232 valence electrons. The van der Waals surface area contributed by atoms with Crippen molar-refractivity contribution in [3.05, 3.63) is 60.2 Å². The molecule has 0 atom stereocenters. The lowest BCUT2D eigenvalue weighted by molar-refractivity contribution is -0.215. The fourth-order valence-electron chi connectivity index (χ4n) is 8.73. The van der Waals surface area contributed by atoms with Gasteiger partial charge in [-0.2, -0.15) is 13.8 Å². The van der Waals surface area contributed by atoms with E-state index in [1.165, 1.54) is 12.1 Å². The van der Waals surface area contributed by atoms with Crippen molar-refractivity contribution in [3.8, 4) is 16.9 Å². The van der Waals surface area contributed by atoms with E-state index < -0.39 is 12.3 Å². The quantitative estimate of drug-likeness (QED) is 0.233. The van der Waals surface area contributed by atoms with Crippen LogP contribution in [0.3, 0.4) is 0 Å². The minimum atomic E-state index is -2.88. The van der Waals surface area contributed by atoms with Crippen molar-refractivity contribution in [2.75, 3.05) is 11.4 Å². The molecule has 7 aliphatic carbocycles. The van der Waals surface area contributed by atoms with Crippen molar-refractivity contribution in [3.63, 3.8) is 0 Å². The zero-order valence-corrected chi connectivity index (χ0v) is 25.1. The summed E-state index contributed by atoms with van der Waals surface area (Å²) in [5, 5.41) is 4.47. The topological polar surface area (TPSA) is 68.5 Å². The molecule has 1 amide bonds. The third-order valence-corrected chi connectivity index (χ3v) is 11.8. The van der Waals surface area contributed by atoms with Gasteiger partial charge < -0.3 is 14.2 Å². The van der Waals surface area contributed by atoms with Crippen LogP contribution in [0, 0.1) is 10.8 Å². The van der Waals surface area contributed by atoms with Gasteiger partial charge in [-0.1, -0.05) is 36.3 Å². The number of ether oxygens (including phenoxy) is 1. The van der Waals surface area contributed by atoms with E-state index in [1.54, 1.807) is 12.1 Å². The van der Waals surface area contributed by atoms with E-state index in [9.17, 15) is 18.0 Å². The molecule has 0 radical (unpaired) electrons. The summed E-state index contributed by atoms with van der Waals surface area (Å²) >= 11 is 0. The van der Waals surface area contributed by atoms with Gasteiger partial charge in [0.25, 0.3) is 0 Å². The average Bonchev–Trinajstić information content (AvgIpc) is 3.52. The molecule has 1 heterocycles. The number of amides is 1. The molecular formula is C35H38F3N3O3. The first-order valence-electron chi connectivity index (χ1n) is 16.0. The molecule has 7 saturated carbocycles. The monoisotopic (exact) mass is 605 g/mol. The number of benzene rings is 2. The Morgan fingerprint density at radius 2 is 1.61 bits per heavy atom. The van der Waals surface area contributed by atoms with E-state index in [4.69, 9.17) is 9.51 Å². The summed E-state index contributed by atoms with van der Waals surface area (Å²) < 4.78 is 49.9. The number of alkyl halides is 3. The highest BCUT2D eigenvalue weighted by molar-refractivity contribution is 5.95. The Hall–Kier alpha value is -3.36. The van der Waals surface area contributed by atoms with Crippen LogP contribution in [0.5, 0.6) is 5.75 Å². The average molecular weight is 606 g/mol. The summed E-state index contributed by atoms with van der Waals surface area (Å²) in [6, 6.07) is 14.4. The van der Waals surface area contributed by atoms with E-state index in [0.29, 0.717) is 32.2 Å². The van der Waals surface area contributed by atoms with Gasteiger partial charge in [-0.05, 0) is 117 Å². The molecule has 3 aromatic rings. The molecule has 1 aromatic heterocycles. The van der Waals surface area contributed by atoms with Crippen molar-refractivity contribution in [1.29, 1.82) is 0 Å². The number of rotatable bonds is 10. The number of carbonyl (C=O) groups is 1. The number of hydrogen-bond acceptors (Lipinski definition) is 5. The fraction of sp³-hybridized carbons (Fsp3) is 0.571. The molecule has 7 aliphatic rings. The number of hydrogen-bond donors (Lipinski definition) is 0. The molecule has 0 spiro atoms. The van der Waals surface area contributed by atoms with Crippen LogP contribution in [0.4, 0.5) is 18.9 Å². The standard InChI is InChI=1S/C35H38F3N3O3/c1-31(9-10-31)29-39-28(40-44-29)34-14-11-32(12-15-34,13-16-34)22-41(27(42)18-33-19-35(38,20-33)21-33)25-4-2-3-24(17-25)23-5-7-26(8-6-23)43-30(36)37/h2-8,17,30H,9-16,18-22H2,1H3. The van der Waals surface area contributed by atoms with Gasteiger partial charge in [0.15, 0.2) is 5.82 Å². The molecule has 2 aromatic carbocycles. The maximum atomic E-state index is 14.4. The number of fused-ring (bicyclic) bond motifs is 3. The van der Waals surface area contributed by atoms with Crippen LogP contribution < -0.4 is 9.64 Å². The third kappa shape index (κ3) is 4.72. The number of nitrogens with zero attached hydrogens (tertiary/aromatic N) is 3. The molecular weight excluding hydrogens is 567 g/mol. The summed E-state index contributed by atoms with van der Waals surface area (Å²) in [4.78, 5) is 21.0. The maximum Gasteiger partial charge on any atom is 0.387 e. The number of halogens is 3. The second kappa shape index (κ2) is 9.57. The van der Waals surface area contributed by atoms with Crippen LogP contribution >= 0.6 is 0 Å². The van der Waals surface area contributed by atoms with Crippen LogP contribution in [-0.4, -0.2) is 34.9 Å². The van der Waals surface area contributed by atoms with Crippen LogP contribution in [0.2, 0.25) is 0 Å². The molecule has 4 bridgehead atoms. The van der Waals surface area contributed by atoms with Gasteiger partial charge in [0.2, 0.25) is 11.8 Å². The van der Waals surface area contributed by atoms with Gasteiger partial charge in [0, 0.05) is 29.5 Å². The molecule has 10 rings (SSSR count). The molecule has 0 N–H and O–H groups in total. The Kier molecular flexibility index (Phi) is 6.12. The van der Waals surface area contributed by atoms with Gasteiger partial charge in [-0.25, -0.2) is 4.39 Å². The SMILES string of the molecule is CC1(c2nc(C34CCC(CN(C(=O)CC56CC(F)(C5)C6)c5cccc(-c6ccc(OC(F)F)cc6)c5)(CC3)CC4)no2)CC1. The highest BCUT2D eigenvalue weighted by Crippen LogP contribution is 2.71. The van der Waals surface area contributed by atoms with Crippen molar-refractivity contribution >= 4 is 11.6 Å². The maximum absolute atomic E-state index is 14.4. The molecule has 7 fully saturated rings. The summed E-state index contributed by atoms with van der Waals surface area (Å²) in [6.45, 7) is -0.0667. The molecule has 0 saturated heterocycles. The highest BCUT2D eigenvalue weighted by Gasteiger charge is 2.69. The second-order valence-corrected chi connectivity index (χ2v) is 15.1. The van der Waals surface area contributed by atoms with E-state index in [1.807, 2.05) is 29.2 Å². The summed E-state index contributed by atoms with van der Waals surface area (Å²) in [7, 11) is 0. The fourth-order valence-corrected chi connectivity index (χ4v) is 8.73. The lowest BCUT2D eigenvalue weighted by atomic mass is 9.41. The van der Waals surface area contributed by atoms with Gasteiger partial charge >= 0.3 is 6.61 Å². The predicted octanol–water partition coefficient (Wildman–Crippen LogP) is 8.30. The van der Waals surface area contributed by atoms with Crippen LogP contribution in [-0.2, 0) is 15.6 Å². The van der Waals surface area contributed by atoms with E-state index in [2.05, 4.69) is 16.8 Å². The number of aromatic nitrogens is 2. The van der Waals surface area contributed by atoms with Crippen molar-refractivity contribution in [2.24, 2.45) is 10.8 Å². The normalized spacial score (nSPS) is 32.6. The lowest BCUT2D eigenvalue weighted by Gasteiger charge is -2.66. The van der Waals surface area contributed by atoms with E-state index >= 15 is 0 Å². The van der Waals surface area contributed by atoms with Crippen molar-refractivity contribution in [1.82, 2.24) is 10.1 Å².